The van der Waals surface area contributed by atoms with Crippen molar-refractivity contribution in [2.45, 2.75) is 19.4 Å². The maximum absolute atomic E-state index is 12.5. The molecule has 5 heteroatoms. The highest BCUT2D eigenvalue weighted by Gasteiger charge is 2.28. The second kappa shape index (κ2) is 5.44. The van der Waals surface area contributed by atoms with Gasteiger partial charge in [-0.1, -0.05) is 18.2 Å². The summed E-state index contributed by atoms with van der Waals surface area (Å²) in [6, 6.07) is 10.4. The molecule has 0 unspecified atom stereocenters. The van der Waals surface area contributed by atoms with Crippen molar-refractivity contribution in [3.05, 3.63) is 54.0 Å². The van der Waals surface area contributed by atoms with Gasteiger partial charge in [0.15, 0.2) is 5.76 Å². The number of hydrogen-bond donors (Lipinski definition) is 1. The second-order valence-corrected chi connectivity index (χ2v) is 5.04. The van der Waals surface area contributed by atoms with Gasteiger partial charge in [0, 0.05) is 12.2 Å². The summed E-state index contributed by atoms with van der Waals surface area (Å²) >= 11 is 0. The van der Waals surface area contributed by atoms with E-state index >= 15 is 0 Å². The summed E-state index contributed by atoms with van der Waals surface area (Å²) in [5.41, 5.74) is 2.09. The van der Waals surface area contributed by atoms with Gasteiger partial charge in [0.1, 0.15) is 6.04 Å². The monoisotopic (exact) mass is 284 g/mol. The van der Waals surface area contributed by atoms with Crippen LogP contribution in [0.25, 0.3) is 0 Å². The Morgan fingerprint density at radius 2 is 2.05 bits per heavy atom. The number of anilines is 1. The van der Waals surface area contributed by atoms with Gasteiger partial charge in [-0.05, 0) is 37.1 Å². The molecule has 5 nitrogen and oxygen atoms in total. The van der Waals surface area contributed by atoms with E-state index < -0.39 is 6.04 Å². The molecule has 1 aromatic heterocycles. The van der Waals surface area contributed by atoms with Crippen LogP contribution in [0.4, 0.5) is 5.69 Å². The number of amides is 2. The van der Waals surface area contributed by atoms with Crippen LogP contribution in [-0.4, -0.2) is 24.4 Å². The number of furan rings is 1. The lowest BCUT2D eigenvalue weighted by atomic mass is 10.2. The third kappa shape index (κ3) is 2.54. The molecule has 2 aromatic rings. The largest absolute Gasteiger partial charge is 0.459 e. The van der Waals surface area contributed by atoms with Crippen molar-refractivity contribution in [1.29, 1.82) is 0 Å². The number of para-hydroxylation sites is 1. The number of carbonyl (C=O) groups excluding carboxylic acids is 2. The van der Waals surface area contributed by atoms with Crippen LogP contribution in [0.5, 0.6) is 0 Å². The Balaban J connectivity index is 1.70. The molecule has 0 saturated heterocycles. The average molecular weight is 284 g/mol. The standard InChI is InChI=1S/C16H16N2O3/c1-11(17-15(19)14-7-4-10-21-14)16(20)18-9-8-12-5-2-3-6-13(12)18/h2-7,10-11H,8-9H2,1H3,(H,17,19)/t11-/m1/s1. The van der Waals surface area contributed by atoms with Crippen LogP contribution in [0.3, 0.4) is 0 Å². The molecular formula is C16H16N2O3. The molecule has 1 aromatic carbocycles. The first-order valence-electron chi connectivity index (χ1n) is 6.90. The fourth-order valence-corrected chi connectivity index (χ4v) is 2.54. The lowest BCUT2D eigenvalue weighted by Gasteiger charge is -2.22. The molecule has 2 amide bonds. The SMILES string of the molecule is C[C@@H](NC(=O)c1ccco1)C(=O)N1CCc2ccccc21. The zero-order valence-corrected chi connectivity index (χ0v) is 11.7. The van der Waals surface area contributed by atoms with Crippen molar-refractivity contribution in [1.82, 2.24) is 5.32 Å². The summed E-state index contributed by atoms with van der Waals surface area (Å²) in [4.78, 5) is 26.1. The third-order valence-electron chi connectivity index (χ3n) is 3.62. The van der Waals surface area contributed by atoms with E-state index in [2.05, 4.69) is 5.32 Å². The Hall–Kier alpha value is -2.56. The summed E-state index contributed by atoms with van der Waals surface area (Å²) in [6.07, 6.45) is 2.28. The lowest BCUT2D eigenvalue weighted by Crippen LogP contribution is -2.46. The number of benzene rings is 1. The minimum absolute atomic E-state index is 0.111. The highest BCUT2D eigenvalue weighted by molar-refractivity contribution is 6.02. The highest BCUT2D eigenvalue weighted by Crippen LogP contribution is 2.27. The van der Waals surface area contributed by atoms with Gasteiger partial charge in [-0.2, -0.15) is 0 Å². The summed E-state index contributed by atoms with van der Waals surface area (Å²) < 4.78 is 5.02. The van der Waals surface area contributed by atoms with Gasteiger partial charge in [-0.15, -0.1) is 0 Å². The van der Waals surface area contributed by atoms with Crippen LogP contribution in [0.1, 0.15) is 23.0 Å². The van der Waals surface area contributed by atoms with E-state index in [1.807, 2.05) is 24.3 Å². The van der Waals surface area contributed by atoms with Crippen LogP contribution in [0.2, 0.25) is 0 Å². The second-order valence-electron chi connectivity index (χ2n) is 5.04. The van der Waals surface area contributed by atoms with Crippen LogP contribution in [0.15, 0.2) is 47.1 Å². The van der Waals surface area contributed by atoms with E-state index in [4.69, 9.17) is 4.42 Å². The molecule has 1 aliphatic rings. The van der Waals surface area contributed by atoms with E-state index in [0.717, 1.165) is 17.7 Å². The average Bonchev–Trinajstić information content (AvgIpc) is 3.15. The predicted molar refractivity (Wildman–Crippen MR) is 78.1 cm³/mol. The Kier molecular flexibility index (Phi) is 3.48. The Labute approximate surface area is 122 Å². The molecule has 1 aliphatic heterocycles. The highest BCUT2D eigenvalue weighted by atomic mass is 16.3. The first-order chi connectivity index (χ1) is 10.2. The minimum Gasteiger partial charge on any atom is -0.459 e. The topological polar surface area (TPSA) is 62.6 Å². The predicted octanol–water partition coefficient (Wildman–Crippen LogP) is 1.99. The fraction of sp³-hybridized carbons (Fsp3) is 0.250. The van der Waals surface area contributed by atoms with Crippen molar-refractivity contribution in [3.63, 3.8) is 0 Å². The van der Waals surface area contributed by atoms with E-state index in [0.29, 0.717) is 6.54 Å². The van der Waals surface area contributed by atoms with Crippen molar-refractivity contribution < 1.29 is 14.0 Å². The summed E-state index contributed by atoms with van der Waals surface area (Å²) in [5, 5.41) is 2.67. The summed E-state index contributed by atoms with van der Waals surface area (Å²) in [7, 11) is 0. The number of nitrogens with one attached hydrogen (secondary N) is 1. The summed E-state index contributed by atoms with van der Waals surface area (Å²) in [5.74, 6) is -0.287. The van der Waals surface area contributed by atoms with Gasteiger partial charge in [-0.3, -0.25) is 9.59 Å². The number of fused-ring (bicyclic) bond motifs is 1. The molecule has 0 aliphatic carbocycles. The molecule has 0 spiro atoms. The maximum Gasteiger partial charge on any atom is 0.287 e. The Morgan fingerprint density at radius 3 is 2.81 bits per heavy atom. The molecule has 3 rings (SSSR count). The summed E-state index contributed by atoms with van der Waals surface area (Å²) in [6.45, 7) is 2.34. The normalized spacial score (nSPS) is 14.6. The molecule has 0 bridgehead atoms. The zero-order valence-electron chi connectivity index (χ0n) is 11.7. The van der Waals surface area contributed by atoms with Crippen molar-refractivity contribution in [3.8, 4) is 0 Å². The molecule has 1 atom stereocenters. The first-order valence-corrected chi connectivity index (χ1v) is 6.90. The van der Waals surface area contributed by atoms with Crippen molar-refractivity contribution >= 4 is 17.5 Å². The van der Waals surface area contributed by atoms with E-state index in [1.54, 1.807) is 24.0 Å². The fourth-order valence-electron chi connectivity index (χ4n) is 2.54. The molecule has 21 heavy (non-hydrogen) atoms. The first kappa shape index (κ1) is 13.4. The van der Waals surface area contributed by atoms with Crippen molar-refractivity contribution in [2.75, 3.05) is 11.4 Å². The van der Waals surface area contributed by atoms with Crippen LogP contribution in [-0.2, 0) is 11.2 Å². The Morgan fingerprint density at radius 1 is 1.24 bits per heavy atom. The van der Waals surface area contributed by atoms with E-state index in [9.17, 15) is 9.59 Å². The number of carbonyl (C=O) groups is 2. The number of nitrogens with zero attached hydrogens (tertiary/aromatic N) is 1. The third-order valence-corrected chi connectivity index (χ3v) is 3.62. The Bertz CT molecular complexity index is 664. The van der Waals surface area contributed by atoms with E-state index in [1.165, 1.54) is 6.26 Å². The van der Waals surface area contributed by atoms with Gasteiger partial charge >= 0.3 is 0 Å². The van der Waals surface area contributed by atoms with Gasteiger partial charge in [0.25, 0.3) is 5.91 Å². The van der Waals surface area contributed by atoms with Crippen LogP contribution < -0.4 is 10.2 Å². The molecule has 0 radical (unpaired) electrons. The molecule has 1 N–H and O–H groups in total. The maximum atomic E-state index is 12.5. The minimum atomic E-state index is -0.603. The number of rotatable bonds is 3. The quantitative estimate of drug-likeness (QED) is 0.937. The molecule has 2 heterocycles. The lowest BCUT2D eigenvalue weighted by molar-refractivity contribution is -0.119. The zero-order chi connectivity index (χ0) is 14.8. The van der Waals surface area contributed by atoms with Gasteiger partial charge in [0.05, 0.1) is 6.26 Å². The van der Waals surface area contributed by atoms with Crippen molar-refractivity contribution in [2.24, 2.45) is 0 Å². The smallest absolute Gasteiger partial charge is 0.287 e. The van der Waals surface area contributed by atoms with Gasteiger partial charge in [-0.25, -0.2) is 0 Å². The van der Waals surface area contributed by atoms with E-state index in [-0.39, 0.29) is 17.6 Å². The van der Waals surface area contributed by atoms with Gasteiger partial charge < -0.3 is 14.6 Å². The van der Waals surface area contributed by atoms with Crippen LogP contribution in [0, 0.1) is 0 Å². The molecule has 108 valence electrons. The molecule has 0 fully saturated rings. The molecule has 0 saturated carbocycles. The molecular weight excluding hydrogens is 268 g/mol. The van der Waals surface area contributed by atoms with Gasteiger partial charge in [0.2, 0.25) is 5.91 Å². The van der Waals surface area contributed by atoms with Crippen LogP contribution >= 0.6 is 0 Å². The number of hydrogen-bond acceptors (Lipinski definition) is 3.